The minimum atomic E-state index is -0.605. The van der Waals surface area contributed by atoms with Crippen molar-refractivity contribution in [3.63, 3.8) is 0 Å². The highest BCUT2D eigenvalue weighted by Gasteiger charge is 2.28. The molecule has 0 bridgehead atoms. The molecule has 1 aromatic heterocycles. The number of anilines is 1. The smallest absolute Gasteiger partial charge is 0.416 e. The van der Waals surface area contributed by atoms with Crippen LogP contribution in [0.15, 0.2) is 12.3 Å². The average molecular weight is 322 g/mol. The highest BCUT2D eigenvalue weighted by atomic mass is 16.6. The summed E-state index contributed by atoms with van der Waals surface area (Å²) < 4.78 is 15.8. The maximum atomic E-state index is 12.4. The van der Waals surface area contributed by atoms with Crippen LogP contribution in [-0.2, 0) is 9.47 Å². The van der Waals surface area contributed by atoms with Gasteiger partial charge in [-0.25, -0.2) is 14.6 Å². The number of amides is 1. The van der Waals surface area contributed by atoms with Crippen molar-refractivity contribution in [3.8, 4) is 5.75 Å². The molecule has 0 unspecified atom stereocenters. The van der Waals surface area contributed by atoms with Gasteiger partial charge >= 0.3 is 12.1 Å². The molecule has 0 aliphatic carbocycles. The van der Waals surface area contributed by atoms with Gasteiger partial charge in [0.1, 0.15) is 5.60 Å². The van der Waals surface area contributed by atoms with Crippen LogP contribution in [0.3, 0.4) is 0 Å². The Morgan fingerprint density at radius 1 is 1.30 bits per heavy atom. The Balaban J connectivity index is 2.36. The Bertz CT molecular complexity index is 595. The van der Waals surface area contributed by atoms with Crippen LogP contribution in [0, 0.1) is 0 Å². The van der Waals surface area contributed by atoms with Gasteiger partial charge in [0.25, 0.3) is 0 Å². The number of ether oxygens (including phenoxy) is 3. The molecule has 0 saturated heterocycles. The molecule has 1 aromatic rings. The topological polar surface area (TPSA) is 78.0 Å². The minimum absolute atomic E-state index is 0.274. The Morgan fingerprint density at radius 3 is 2.70 bits per heavy atom. The first kappa shape index (κ1) is 17.1. The molecular formula is C16H22N2O5. The molecule has 2 rings (SSSR count). The summed E-state index contributed by atoms with van der Waals surface area (Å²) in [5.41, 5.74) is -0.331. The third-order valence-corrected chi connectivity index (χ3v) is 3.16. The zero-order valence-electron chi connectivity index (χ0n) is 13.9. The molecule has 2 heterocycles. The largest absolute Gasteiger partial charge is 0.490 e. The van der Waals surface area contributed by atoms with Crippen molar-refractivity contribution in [1.29, 1.82) is 0 Å². The zero-order chi connectivity index (χ0) is 17.0. The van der Waals surface area contributed by atoms with E-state index in [0.717, 1.165) is 12.8 Å². The highest BCUT2D eigenvalue weighted by Crippen LogP contribution is 2.30. The van der Waals surface area contributed by atoms with Gasteiger partial charge < -0.3 is 14.2 Å². The number of aromatic nitrogens is 1. The second kappa shape index (κ2) is 6.85. The standard InChI is InChI=1S/C16H22N2O5/c1-16(2,3)23-15(20)18-7-5-6-8-22-12-9-11(14(19)21-4)10-17-13(12)18/h9-10H,5-8H2,1-4H3. The lowest BCUT2D eigenvalue weighted by Gasteiger charge is -2.29. The van der Waals surface area contributed by atoms with Gasteiger partial charge in [-0.2, -0.15) is 0 Å². The fraction of sp³-hybridized carbons (Fsp3) is 0.562. The first-order chi connectivity index (χ1) is 10.8. The second-order valence-electron chi connectivity index (χ2n) is 6.22. The number of methoxy groups -OCH3 is 1. The third-order valence-electron chi connectivity index (χ3n) is 3.16. The van der Waals surface area contributed by atoms with E-state index in [4.69, 9.17) is 9.47 Å². The number of nitrogens with zero attached hydrogens (tertiary/aromatic N) is 2. The zero-order valence-corrected chi connectivity index (χ0v) is 13.9. The maximum Gasteiger partial charge on any atom is 0.416 e. The van der Waals surface area contributed by atoms with E-state index in [1.54, 1.807) is 20.8 Å². The lowest BCUT2D eigenvalue weighted by Crippen LogP contribution is -2.39. The number of fused-ring (bicyclic) bond motifs is 1. The molecule has 7 heteroatoms. The van der Waals surface area contributed by atoms with Crippen LogP contribution in [0.1, 0.15) is 44.0 Å². The number of carbonyl (C=O) groups is 2. The highest BCUT2D eigenvalue weighted by molar-refractivity contribution is 5.92. The van der Waals surface area contributed by atoms with Crippen molar-refractivity contribution < 1.29 is 23.8 Å². The summed E-state index contributed by atoms with van der Waals surface area (Å²) in [6.45, 7) is 6.40. The van der Waals surface area contributed by atoms with Gasteiger partial charge in [0.15, 0.2) is 11.6 Å². The van der Waals surface area contributed by atoms with E-state index in [0.29, 0.717) is 24.7 Å². The van der Waals surface area contributed by atoms with Crippen LogP contribution in [0.4, 0.5) is 10.6 Å². The van der Waals surface area contributed by atoms with Gasteiger partial charge in [-0.15, -0.1) is 0 Å². The third kappa shape index (κ3) is 4.34. The quantitative estimate of drug-likeness (QED) is 0.740. The average Bonchev–Trinajstić information content (AvgIpc) is 2.45. The van der Waals surface area contributed by atoms with Gasteiger partial charge in [0.05, 0.1) is 19.3 Å². The number of carbonyl (C=O) groups excluding carboxylic acids is 2. The molecule has 0 aromatic carbocycles. The molecule has 0 spiro atoms. The number of pyridine rings is 1. The molecule has 7 nitrogen and oxygen atoms in total. The van der Waals surface area contributed by atoms with Gasteiger partial charge in [0, 0.05) is 18.8 Å². The summed E-state index contributed by atoms with van der Waals surface area (Å²) in [6.07, 6.45) is 2.45. The molecule has 23 heavy (non-hydrogen) atoms. The summed E-state index contributed by atoms with van der Waals surface area (Å²) >= 11 is 0. The molecule has 126 valence electrons. The SMILES string of the molecule is COC(=O)c1cnc2c(c1)OCCCCN2C(=O)OC(C)(C)C. The van der Waals surface area contributed by atoms with E-state index in [2.05, 4.69) is 9.72 Å². The molecule has 0 fully saturated rings. The molecule has 1 amide bonds. The lowest BCUT2D eigenvalue weighted by atomic mass is 10.2. The Kier molecular flexibility index (Phi) is 5.08. The van der Waals surface area contributed by atoms with E-state index in [1.807, 2.05) is 0 Å². The molecule has 0 saturated carbocycles. The second-order valence-corrected chi connectivity index (χ2v) is 6.22. The Labute approximate surface area is 135 Å². The van der Waals surface area contributed by atoms with Gasteiger partial charge in [-0.1, -0.05) is 0 Å². The van der Waals surface area contributed by atoms with Crippen molar-refractivity contribution in [2.45, 2.75) is 39.2 Å². The molecule has 1 aliphatic rings. The summed E-state index contributed by atoms with van der Waals surface area (Å²) in [5.74, 6) is 0.222. The van der Waals surface area contributed by atoms with E-state index < -0.39 is 17.7 Å². The predicted molar refractivity (Wildman–Crippen MR) is 83.9 cm³/mol. The normalized spacial score (nSPS) is 14.9. The van der Waals surface area contributed by atoms with E-state index in [9.17, 15) is 9.59 Å². The lowest BCUT2D eigenvalue weighted by molar-refractivity contribution is 0.0574. The van der Waals surface area contributed by atoms with Gasteiger partial charge in [0.2, 0.25) is 0 Å². The van der Waals surface area contributed by atoms with Crippen molar-refractivity contribution in [2.75, 3.05) is 25.2 Å². The number of hydrogen-bond donors (Lipinski definition) is 0. The first-order valence-corrected chi connectivity index (χ1v) is 7.53. The molecule has 0 atom stereocenters. The van der Waals surface area contributed by atoms with Gasteiger partial charge in [-0.3, -0.25) is 4.90 Å². The fourth-order valence-corrected chi connectivity index (χ4v) is 2.13. The van der Waals surface area contributed by atoms with Crippen molar-refractivity contribution >= 4 is 17.9 Å². The van der Waals surface area contributed by atoms with E-state index in [1.165, 1.54) is 24.3 Å². The van der Waals surface area contributed by atoms with Crippen LogP contribution < -0.4 is 9.64 Å². The van der Waals surface area contributed by atoms with Crippen LogP contribution in [0.5, 0.6) is 5.75 Å². The van der Waals surface area contributed by atoms with E-state index in [-0.39, 0.29) is 5.56 Å². The predicted octanol–water partition coefficient (Wildman–Crippen LogP) is 2.78. The fourth-order valence-electron chi connectivity index (χ4n) is 2.13. The van der Waals surface area contributed by atoms with Crippen molar-refractivity contribution in [2.24, 2.45) is 0 Å². The minimum Gasteiger partial charge on any atom is -0.490 e. The maximum absolute atomic E-state index is 12.4. The number of hydrogen-bond acceptors (Lipinski definition) is 6. The first-order valence-electron chi connectivity index (χ1n) is 7.53. The summed E-state index contributed by atoms with van der Waals surface area (Å²) in [5, 5.41) is 0. The molecular weight excluding hydrogens is 300 g/mol. The molecule has 1 aliphatic heterocycles. The number of esters is 1. The Morgan fingerprint density at radius 2 is 2.04 bits per heavy atom. The molecule has 0 N–H and O–H groups in total. The van der Waals surface area contributed by atoms with Crippen LogP contribution in [-0.4, -0.2) is 42.9 Å². The van der Waals surface area contributed by atoms with E-state index >= 15 is 0 Å². The Hall–Kier alpha value is -2.31. The van der Waals surface area contributed by atoms with Crippen LogP contribution >= 0.6 is 0 Å². The summed E-state index contributed by atoms with van der Waals surface area (Å²) in [7, 11) is 1.30. The summed E-state index contributed by atoms with van der Waals surface area (Å²) in [4.78, 5) is 29.7. The van der Waals surface area contributed by atoms with Crippen molar-refractivity contribution in [1.82, 2.24) is 4.98 Å². The van der Waals surface area contributed by atoms with Gasteiger partial charge in [-0.05, 0) is 33.6 Å². The van der Waals surface area contributed by atoms with Crippen LogP contribution in [0.2, 0.25) is 0 Å². The number of rotatable bonds is 1. The summed E-state index contributed by atoms with van der Waals surface area (Å²) in [6, 6.07) is 1.54. The molecule has 0 radical (unpaired) electrons. The van der Waals surface area contributed by atoms with Crippen LogP contribution in [0.25, 0.3) is 0 Å². The monoisotopic (exact) mass is 322 g/mol. The van der Waals surface area contributed by atoms with Crippen molar-refractivity contribution in [3.05, 3.63) is 17.8 Å².